The molecule has 1 saturated heterocycles. The summed E-state index contributed by atoms with van der Waals surface area (Å²) in [6.45, 7) is 4.54. The number of piperazine rings is 1. The maximum Gasteiger partial charge on any atom is 0.245 e. The van der Waals surface area contributed by atoms with E-state index in [1.54, 1.807) is 30.9 Å². The Morgan fingerprint density at radius 3 is 2.80 bits per heavy atom. The van der Waals surface area contributed by atoms with E-state index in [1.807, 2.05) is 0 Å². The van der Waals surface area contributed by atoms with Crippen LogP contribution in [0.5, 0.6) is 0 Å². The normalized spacial score (nSPS) is 17.8. The highest BCUT2D eigenvalue weighted by molar-refractivity contribution is 9.10. The molecule has 0 aliphatic carbocycles. The topological polar surface area (TPSA) is 58.4 Å². The largest absolute Gasteiger partial charge is 0.389 e. The van der Waals surface area contributed by atoms with Crippen molar-refractivity contribution in [1.82, 2.24) is 5.32 Å². The second kappa shape index (κ2) is 5.29. The first-order chi connectivity index (χ1) is 9.26. The van der Waals surface area contributed by atoms with Crippen LogP contribution >= 0.6 is 28.1 Å². The number of nitrogens with zero attached hydrogens (tertiary/aromatic N) is 1. The van der Waals surface area contributed by atoms with Gasteiger partial charge in [0.05, 0.1) is 10.2 Å². The van der Waals surface area contributed by atoms with Gasteiger partial charge in [-0.05, 0) is 41.9 Å². The molecule has 3 N–H and O–H groups in total. The third kappa shape index (κ3) is 2.40. The minimum atomic E-state index is -0.816. The molecule has 0 aromatic heterocycles. The second-order valence-electron chi connectivity index (χ2n) is 5.09. The van der Waals surface area contributed by atoms with E-state index in [4.69, 9.17) is 18.0 Å². The smallest absolute Gasteiger partial charge is 0.245 e. The number of nitrogens with one attached hydrogen (secondary N) is 1. The molecule has 20 heavy (non-hydrogen) atoms. The summed E-state index contributed by atoms with van der Waals surface area (Å²) in [6, 6.07) is 3.27. The van der Waals surface area contributed by atoms with Gasteiger partial charge in [0.1, 0.15) is 10.5 Å². The van der Waals surface area contributed by atoms with Crippen molar-refractivity contribution in [2.24, 2.45) is 5.73 Å². The van der Waals surface area contributed by atoms with Crippen LogP contribution in [0.15, 0.2) is 16.6 Å². The van der Waals surface area contributed by atoms with Crippen LogP contribution < -0.4 is 16.0 Å². The molecule has 0 unspecified atom stereocenters. The number of carbonyl (C=O) groups excluding carboxylic acids is 1. The van der Waals surface area contributed by atoms with Gasteiger partial charge in [0.2, 0.25) is 5.91 Å². The molecule has 0 radical (unpaired) electrons. The molecular weight excluding hydrogens is 345 g/mol. The van der Waals surface area contributed by atoms with Crippen molar-refractivity contribution in [2.45, 2.75) is 19.4 Å². The predicted molar refractivity (Wildman–Crippen MR) is 84.4 cm³/mol. The zero-order chi connectivity index (χ0) is 15.1. The van der Waals surface area contributed by atoms with Crippen molar-refractivity contribution in [2.75, 3.05) is 18.0 Å². The van der Waals surface area contributed by atoms with Gasteiger partial charge in [-0.15, -0.1) is 0 Å². The predicted octanol–water partition coefficient (Wildman–Crippen LogP) is 1.94. The highest BCUT2D eigenvalue weighted by Crippen LogP contribution is 2.33. The molecule has 1 aromatic carbocycles. The Labute approximate surface area is 130 Å². The fourth-order valence-electron chi connectivity index (χ4n) is 2.26. The summed E-state index contributed by atoms with van der Waals surface area (Å²) in [4.78, 5) is 13.8. The second-order valence-corrected chi connectivity index (χ2v) is 6.32. The Balaban J connectivity index is 2.51. The first-order valence-electron chi connectivity index (χ1n) is 6.10. The van der Waals surface area contributed by atoms with Crippen molar-refractivity contribution in [3.63, 3.8) is 0 Å². The molecule has 1 aliphatic heterocycles. The van der Waals surface area contributed by atoms with Gasteiger partial charge in [0.25, 0.3) is 0 Å². The summed E-state index contributed by atoms with van der Waals surface area (Å²) in [5, 5.41) is 2.78. The molecule has 4 nitrogen and oxygen atoms in total. The van der Waals surface area contributed by atoms with Crippen LogP contribution in [0.3, 0.4) is 0 Å². The summed E-state index contributed by atoms with van der Waals surface area (Å²) in [5.74, 6) is -0.587. The fourth-order valence-corrected chi connectivity index (χ4v) is 3.11. The number of thiocarbonyl (C=S) groups is 1. The summed E-state index contributed by atoms with van der Waals surface area (Å²) < 4.78 is 14.8. The zero-order valence-corrected chi connectivity index (χ0v) is 13.6. The fraction of sp³-hybridized carbons (Fsp3) is 0.385. The highest BCUT2D eigenvalue weighted by atomic mass is 79.9. The van der Waals surface area contributed by atoms with Gasteiger partial charge in [-0.3, -0.25) is 4.79 Å². The quantitative estimate of drug-likeness (QED) is 0.792. The van der Waals surface area contributed by atoms with Gasteiger partial charge in [0.15, 0.2) is 5.82 Å². The molecule has 0 spiro atoms. The van der Waals surface area contributed by atoms with Crippen LogP contribution in [-0.4, -0.2) is 29.5 Å². The average molecular weight is 360 g/mol. The molecule has 1 heterocycles. The third-order valence-corrected chi connectivity index (χ3v) is 4.46. The third-order valence-electron chi connectivity index (χ3n) is 3.47. The van der Waals surface area contributed by atoms with Crippen LogP contribution in [0.2, 0.25) is 0 Å². The maximum absolute atomic E-state index is 14.5. The van der Waals surface area contributed by atoms with E-state index in [1.165, 1.54) is 0 Å². The van der Waals surface area contributed by atoms with Gasteiger partial charge < -0.3 is 16.0 Å². The number of carbonyl (C=O) groups is 1. The van der Waals surface area contributed by atoms with Crippen LogP contribution in [-0.2, 0) is 4.79 Å². The number of benzene rings is 1. The van der Waals surface area contributed by atoms with E-state index in [0.717, 1.165) is 0 Å². The first kappa shape index (κ1) is 15.2. The summed E-state index contributed by atoms with van der Waals surface area (Å²) in [5.41, 5.74) is 5.53. The Morgan fingerprint density at radius 2 is 2.20 bits per heavy atom. The lowest BCUT2D eigenvalue weighted by Crippen LogP contribution is -2.62. The number of halogens is 2. The molecule has 7 heteroatoms. The lowest BCUT2D eigenvalue weighted by atomic mass is 9.97. The number of nitrogens with two attached hydrogens (primary N) is 1. The average Bonchev–Trinajstić information content (AvgIpc) is 2.36. The standard InChI is InChI=1S/C13H15BrFN3OS/c1-13(2)12(19)17-5-6-18(13)8-4-3-7(11(16)20)9(14)10(8)15/h3-4H,5-6H2,1-2H3,(H2,16,20)(H,17,19). The zero-order valence-electron chi connectivity index (χ0n) is 11.2. The minimum Gasteiger partial charge on any atom is -0.389 e. The SMILES string of the molecule is CC1(C)C(=O)NCCN1c1ccc(C(N)=S)c(Br)c1F. The minimum absolute atomic E-state index is 0.123. The molecule has 1 aliphatic rings. The number of hydrogen-bond donors (Lipinski definition) is 2. The molecule has 1 amide bonds. The van der Waals surface area contributed by atoms with Crippen molar-refractivity contribution >= 4 is 44.7 Å². The first-order valence-corrected chi connectivity index (χ1v) is 7.30. The van der Waals surface area contributed by atoms with E-state index in [9.17, 15) is 9.18 Å². The van der Waals surface area contributed by atoms with Crippen molar-refractivity contribution in [3.8, 4) is 0 Å². The molecule has 0 saturated carbocycles. The molecule has 108 valence electrons. The summed E-state index contributed by atoms with van der Waals surface area (Å²) >= 11 is 8.06. The van der Waals surface area contributed by atoms with Gasteiger partial charge in [-0.1, -0.05) is 12.2 Å². The van der Waals surface area contributed by atoms with E-state index < -0.39 is 11.4 Å². The van der Waals surface area contributed by atoms with E-state index in [2.05, 4.69) is 21.2 Å². The monoisotopic (exact) mass is 359 g/mol. The van der Waals surface area contributed by atoms with Crippen LogP contribution in [0.1, 0.15) is 19.4 Å². The van der Waals surface area contributed by atoms with Crippen molar-refractivity contribution in [3.05, 3.63) is 28.0 Å². The summed E-state index contributed by atoms with van der Waals surface area (Å²) in [6.07, 6.45) is 0. The van der Waals surface area contributed by atoms with E-state index in [-0.39, 0.29) is 15.4 Å². The molecule has 1 aromatic rings. The van der Waals surface area contributed by atoms with E-state index in [0.29, 0.717) is 24.3 Å². The van der Waals surface area contributed by atoms with Crippen LogP contribution in [0.25, 0.3) is 0 Å². The molecule has 2 rings (SSSR count). The number of hydrogen-bond acceptors (Lipinski definition) is 3. The highest BCUT2D eigenvalue weighted by Gasteiger charge is 2.39. The van der Waals surface area contributed by atoms with Gasteiger partial charge in [-0.25, -0.2) is 4.39 Å². The molecule has 0 bridgehead atoms. The van der Waals surface area contributed by atoms with Gasteiger partial charge in [-0.2, -0.15) is 0 Å². The number of amides is 1. The number of anilines is 1. The molecule has 1 fully saturated rings. The Morgan fingerprint density at radius 1 is 1.55 bits per heavy atom. The lowest BCUT2D eigenvalue weighted by Gasteiger charge is -2.43. The van der Waals surface area contributed by atoms with E-state index >= 15 is 0 Å². The van der Waals surface area contributed by atoms with Crippen LogP contribution in [0.4, 0.5) is 10.1 Å². The maximum atomic E-state index is 14.5. The molecule has 0 atom stereocenters. The Bertz CT molecular complexity index is 591. The lowest BCUT2D eigenvalue weighted by molar-refractivity contribution is -0.126. The van der Waals surface area contributed by atoms with Gasteiger partial charge in [0, 0.05) is 18.7 Å². The van der Waals surface area contributed by atoms with Crippen molar-refractivity contribution < 1.29 is 9.18 Å². The number of rotatable bonds is 2. The summed E-state index contributed by atoms with van der Waals surface area (Å²) in [7, 11) is 0. The Kier molecular flexibility index (Phi) is 4.02. The Hall–Kier alpha value is -1.21. The van der Waals surface area contributed by atoms with Gasteiger partial charge >= 0.3 is 0 Å². The molecular formula is C13H15BrFN3OS. The van der Waals surface area contributed by atoms with Crippen LogP contribution in [0, 0.1) is 5.82 Å². The van der Waals surface area contributed by atoms with Crippen molar-refractivity contribution in [1.29, 1.82) is 0 Å².